The number of carbonyl (C=O) groups is 1. The molecular weight excluding hydrogens is 310 g/mol. The summed E-state index contributed by atoms with van der Waals surface area (Å²) in [7, 11) is 0. The van der Waals surface area contributed by atoms with Crippen molar-refractivity contribution in [1.82, 2.24) is 4.98 Å². The monoisotopic (exact) mass is 339 g/mol. The number of aromatic nitrogens is 1. The summed E-state index contributed by atoms with van der Waals surface area (Å²) >= 11 is 0. The van der Waals surface area contributed by atoms with Crippen molar-refractivity contribution >= 4 is 17.3 Å². The summed E-state index contributed by atoms with van der Waals surface area (Å²) in [5, 5.41) is 0. The van der Waals surface area contributed by atoms with Gasteiger partial charge < -0.3 is 9.80 Å². The average molecular weight is 339 g/mol. The van der Waals surface area contributed by atoms with Gasteiger partial charge in [0.1, 0.15) is 0 Å². The Bertz CT molecular complexity index is 675. The van der Waals surface area contributed by atoms with E-state index in [1.807, 2.05) is 48.2 Å². The molecule has 0 aliphatic carbocycles. The van der Waals surface area contributed by atoms with Crippen LogP contribution in [0, 0.1) is 0 Å². The Balaban J connectivity index is 2.29. The number of likely N-dealkylation sites (N-methyl/N-ethyl adjacent to an activating group) is 1. The fourth-order valence-corrected chi connectivity index (χ4v) is 3.30. The highest BCUT2D eigenvalue weighted by Crippen LogP contribution is 2.25. The molecule has 0 aliphatic heterocycles. The largest absolute Gasteiger partial charge is 0.365 e. The van der Waals surface area contributed by atoms with Crippen LogP contribution in [0.15, 0.2) is 48.7 Å². The standard InChI is InChI=1S/C21H29N3O/c1-6-23(18-11-8-7-9-12-18)21(25)15-19-20(13-10-14-22-19)24(16(2)3)17(4)5/h7-14,16-17H,6,15H2,1-5H3. The van der Waals surface area contributed by atoms with Crippen LogP contribution < -0.4 is 9.80 Å². The molecule has 0 saturated heterocycles. The third-order valence-electron chi connectivity index (χ3n) is 4.26. The van der Waals surface area contributed by atoms with E-state index in [1.165, 1.54) is 0 Å². The van der Waals surface area contributed by atoms with Crippen LogP contribution in [0.2, 0.25) is 0 Å². The molecule has 0 aliphatic rings. The molecule has 0 unspecified atom stereocenters. The van der Waals surface area contributed by atoms with Crippen LogP contribution in [0.4, 0.5) is 11.4 Å². The molecule has 0 saturated carbocycles. The second-order valence-corrected chi connectivity index (χ2v) is 6.71. The lowest BCUT2D eigenvalue weighted by Crippen LogP contribution is -2.38. The van der Waals surface area contributed by atoms with Gasteiger partial charge in [-0.2, -0.15) is 0 Å². The van der Waals surface area contributed by atoms with Crippen LogP contribution in [0.5, 0.6) is 0 Å². The molecule has 1 aromatic carbocycles. The molecule has 4 heteroatoms. The Hall–Kier alpha value is -2.36. The van der Waals surface area contributed by atoms with Crippen molar-refractivity contribution < 1.29 is 4.79 Å². The first kappa shape index (κ1) is 19.0. The van der Waals surface area contributed by atoms with Gasteiger partial charge in [-0.15, -0.1) is 0 Å². The van der Waals surface area contributed by atoms with Crippen LogP contribution >= 0.6 is 0 Å². The minimum Gasteiger partial charge on any atom is -0.365 e. The summed E-state index contributed by atoms with van der Waals surface area (Å²) in [5.41, 5.74) is 2.81. The molecule has 134 valence electrons. The summed E-state index contributed by atoms with van der Waals surface area (Å²) in [4.78, 5) is 21.6. The first-order valence-corrected chi connectivity index (χ1v) is 9.03. The van der Waals surface area contributed by atoms with E-state index in [-0.39, 0.29) is 5.91 Å². The lowest BCUT2D eigenvalue weighted by atomic mass is 10.1. The molecule has 1 amide bonds. The maximum Gasteiger partial charge on any atom is 0.233 e. The van der Waals surface area contributed by atoms with Crippen molar-refractivity contribution in [2.45, 2.75) is 53.1 Å². The molecule has 0 bridgehead atoms. The molecule has 0 spiro atoms. The van der Waals surface area contributed by atoms with Gasteiger partial charge in [-0.05, 0) is 58.9 Å². The van der Waals surface area contributed by atoms with Crippen molar-refractivity contribution in [3.05, 3.63) is 54.4 Å². The van der Waals surface area contributed by atoms with Crippen molar-refractivity contribution in [2.75, 3.05) is 16.3 Å². The van der Waals surface area contributed by atoms with Crippen molar-refractivity contribution in [1.29, 1.82) is 0 Å². The van der Waals surface area contributed by atoms with E-state index in [0.29, 0.717) is 25.0 Å². The Labute approximate surface area is 151 Å². The topological polar surface area (TPSA) is 36.4 Å². The highest BCUT2D eigenvalue weighted by molar-refractivity contribution is 5.95. The maximum atomic E-state index is 12.9. The fourth-order valence-electron chi connectivity index (χ4n) is 3.30. The molecule has 2 aromatic rings. The van der Waals surface area contributed by atoms with E-state index in [9.17, 15) is 4.79 Å². The molecule has 0 N–H and O–H groups in total. The van der Waals surface area contributed by atoms with E-state index in [2.05, 4.69) is 43.6 Å². The fraction of sp³-hybridized carbons (Fsp3) is 0.429. The smallest absolute Gasteiger partial charge is 0.233 e. The number of hydrogen-bond donors (Lipinski definition) is 0. The van der Waals surface area contributed by atoms with Gasteiger partial charge in [0.05, 0.1) is 17.8 Å². The normalized spacial score (nSPS) is 11.0. The summed E-state index contributed by atoms with van der Waals surface area (Å²) < 4.78 is 0. The van der Waals surface area contributed by atoms with Crippen LogP contribution in [0.25, 0.3) is 0 Å². The minimum atomic E-state index is 0.0705. The molecule has 0 fully saturated rings. The van der Waals surface area contributed by atoms with E-state index < -0.39 is 0 Å². The van der Waals surface area contributed by atoms with E-state index in [0.717, 1.165) is 17.1 Å². The maximum absolute atomic E-state index is 12.9. The minimum absolute atomic E-state index is 0.0705. The zero-order chi connectivity index (χ0) is 18.4. The first-order valence-electron chi connectivity index (χ1n) is 9.03. The summed E-state index contributed by atoms with van der Waals surface area (Å²) in [5.74, 6) is 0.0705. The molecular formula is C21H29N3O. The highest BCUT2D eigenvalue weighted by atomic mass is 16.2. The van der Waals surface area contributed by atoms with Crippen LogP contribution in [0.3, 0.4) is 0 Å². The van der Waals surface area contributed by atoms with Gasteiger partial charge >= 0.3 is 0 Å². The SMILES string of the molecule is CCN(C(=O)Cc1ncccc1N(C(C)C)C(C)C)c1ccccc1. The zero-order valence-electron chi connectivity index (χ0n) is 15.9. The van der Waals surface area contributed by atoms with Gasteiger partial charge in [0.2, 0.25) is 5.91 Å². The molecule has 0 radical (unpaired) electrons. The number of rotatable bonds is 7. The van der Waals surface area contributed by atoms with Gasteiger partial charge in [-0.1, -0.05) is 18.2 Å². The van der Waals surface area contributed by atoms with Crippen LogP contribution in [-0.2, 0) is 11.2 Å². The number of carbonyl (C=O) groups excluding carboxylic acids is 1. The van der Waals surface area contributed by atoms with Gasteiger partial charge in [0, 0.05) is 30.5 Å². The Morgan fingerprint density at radius 3 is 2.20 bits per heavy atom. The zero-order valence-corrected chi connectivity index (χ0v) is 15.9. The molecule has 2 rings (SSSR count). The molecule has 1 heterocycles. The van der Waals surface area contributed by atoms with Gasteiger partial charge in [-0.25, -0.2) is 0 Å². The second kappa shape index (κ2) is 8.65. The highest BCUT2D eigenvalue weighted by Gasteiger charge is 2.21. The summed E-state index contributed by atoms with van der Waals surface area (Å²) in [6, 6.07) is 14.5. The van der Waals surface area contributed by atoms with Crippen molar-refractivity contribution in [2.24, 2.45) is 0 Å². The van der Waals surface area contributed by atoms with Crippen molar-refractivity contribution in [3.8, 4) is 0 Å². The van der Waals surface area contributed by atoms with Gasteiger partial charge in [-0.3, -0.25) is 9.78 Å². The second-order valence-electron chi connectivity index (χ2n) is 6.71. The number of hydrogen-bond acceptors (Lipinski definition) is 3. The lowest BCUT2D eigenvalue weighted by Gasteiger charge is -2.34. The number of nitrogens with zero attached hydrogens (tertiary/aromatic N) is 3. The molecule has 4 nitrogen and oxygen atoms in total. The van der Waals surface area contributed by atoms with Gasteiger partial charge in [0.25, 0.3) is 0 Å². The quantitative estimate of drug-likeness (QED) is 0.754. The van der Waals surface area contributed by atoms with Crippen molar-refractivity contribution in [3.63, 3.8) is 0 Å². The number of amides is 1. The molecule has 1 aromatic heterocycles. The Kier molecular flexibility index (Phi) is 6.57. The van der Waals surface area contributed by atoms with E-state index >= 15 is 0 Å². The van der Waals surface area contributed by atoms with Crippen LogP contribution in [0.1, 0.15) is 40.3 Å². The first-order chi connectivity index (χ1) is 12.0. The van der Waals surface area contributed by atoms with Crippen LogP contribution in [-0.4, -0.2) is 29.5 Å². The Morgan fingerprint density at radius 2 is 1.64 bits per heavy atom. The Morgan fingerprint density at radius 1 is 1.00 bits per heavy atom. The summed E-state index contributed by atoms with van der Waals surface area (Å²) in [6.45, 7) is 11.3. The number of anilines is 2. The molecule has 25 heavy (non-hydrogen) atoms. The van der Waals surface area contributed by atoms with E-state index in [1.54, 1.807) is 6.20 Å². The third-order valence-corrected chi connectivity index (χ3v) is 4.26. The predicted octanol–water partition coefficient (Wildman–Crippen LogP) is 4.30. The molecule has 0 atom stereocenters. The number of pyridine rings is 1. The summed E-state index contributed by atoms with van der Waals surface area (Å²) in [6.07, 6.45) is 2.07. The third kappa shape index (κ3) is 4.59. The lowest BCUT2D eigenvalue weighted by molar-refractivity contribution is -0.118. The number of para-hydroxylation sites is 1. The van der Waals surface area contributed by atoms with E-state index in [4.69, 9.17) is 0 Å². The number of benzene rings is 1. The van der Waals surface area contributed by atoms with Gasteiger partial charge in [0.15, 0.2) is 0 Å². The predicted molar refractivity (Wildman–Crippen MR) is 105 cm³/mol. The average Bonchev–Trinajstić information content (AvgIpc) is 2.57.